The first-order valence-corrected chi connectivity index (χ1v) is 9.40. The van der Waals surface area contributed by atoms with Crippen LogP contribution in [0, 0.1) is 0 Å². The Balaban J connectivity index is 2.05. The standard InChI is InChI=1S/C23H26N2O3/c1-5-18(6-2)28-21-19-13-12-17(24-15-16-10-8-7-9-11-16)14-20(19)25(3)23(26)22(21)27-4/h5,7-14,24H,6,15H2,1-4H3. The Morgan fingerprint density at radius 2 is 1.89 bits per heavy atom. The Kier molecular flexibility index (Phi) is 6.04. The van der Waals surface area contributed by atoms with E-state index in [1.807, 2.05) is 56.3 Å². The molecular formula is C23H26N2O3. The second kappa shape index (κ2) is 8.65. The monoisotopic (exact) mass is 378 g/mol. The summed E-state index contributed by atoms with van der Waals surface area (Å²) < 4.78 is 13.0. The minimum atomic E-state index is -0.225. The summed E-state index contributed by atoms with van der Waals surface area (Å²) in [7, 11) is 3.24. The summed E-state index contributed by atoms with van der Waals surface area (Å²) in [5, 5.41) is 4.24. The largest absolute Gasteiger partial charge is 0.488 e. The summed E-state index contributed by atoms with van der Waals surface area (Å²) in [6.45, 7) is 4.63. The van der Waals surface area contributed by atoms with Gasteiger partial charge in [-0.2, -0.15) is 0 Å². The van der Waals surface area contributed by atoms with Crippen molar-refractivity contribution in [3.05, 3.63) is 76.3 Å². The van der Waals surface area contributed by atoms with Crippen LogP contribution in [-0.2, 0) is 13.6 Å². The zero-order valence-electron chi connectivity index (χ0n) is 16.8. The van der Waals surface area contributed by atoms with E-state index in [0.717, 1.165) is 28.8 Å². The van der Waals surface area contributed by atoms with Gasteiger partial charge in [0.2, 0.25) is 5.75 Å². The predicted molar refractivity (Wildman–Crippen MR) is 114 cm³/mol. The number of allylic oxidation sites excluding steroid dienone is 2. The molecule has 1 aromatic heterocycles. The predicted octanol–water partition coefficient (Wildman–Crippen LogP) is 4.85. The minimum Gasteiger partial charge on any atom is -0.488 e. The third kappa shape index (κ3) is 3.88. The van der Waals surface area contributed by atoms with E-state index in [1.54, 1.807) is 11.6 Å². The molecule has 2 aromatic carbocycles. The maximum Gasteiger partial charge on any atom is 0.297 e. The second-order valence-corrected chi connectivity index (χ2v) is 6.51. The Hall–Kier alpha value is -3.21. The molecule has 0 bridgehead atoms. The molecule has 0 amide bonds. The second-order valence-electron chi connectivity index (χ2n) is 6.51. The number of rotatable bonds is 7. The summed E-state index contributed by atoms with van der Waals surface area (Å²) in [5.74, 6) is 1.47. The molecule has 0 spiro atoms. The van der Waals surface area contributed by atoms with Crippen molar-refractivity contribution in [3.63, 3.8) is 0 Å². The SMILES string of the molecule is CC=C(CC)Oc1c(OC)c(=O)n(C)c2cc(NCc3ccccc3)ccc12. The van der Waals surface area contributed by atoms with Crippen LogP contribution in [0.4, 0.5) is 5.69 Å². The first-order chi connectivity index (χ1) is 13.6. The molecule has 0 aliphatic carbocycles. The maximum absolute atomic E-state index is 12.8. The molecule has 3 aromatic rings. The van der Waals surface area contributed by atoms with Crippen molar-refractivity contribution >= 4 is 16.6 Å². The molecular weight excluding hydrogens is 352 g/mol. The topological polar surface area (TPSA) is 52.5 Å². The number of fused-ring (bicyclic) bond motifs is 1. The highest BCUT2D eigenvalue weighted by atomic mass is 16.5. The number of pyridine rings is 1. The van der Waals surface area contributed by atoms with Gasteiger partial charge in [-0.1, -0.05) is 37.3 Å². The minimum absolute atomic E-state index is 0.216. The van der Waals surface area contributed by atoms with Crippen molar-refractivity contribution in [2.24, 2.45) is 7.05 Å². The molecule has 1 heterocycles. The fraction of sp³-hybridized carbons (Fsp3) is 0.261. The highest BCUT2D eigenvalue weighted by Gasteiger charge is 2.18. The number of nitrogens with one attached hydrogen (secondary N) is 1. The summed E-state index contributed by atoms with van der Waals surface area (Å²) >= 11 is 0. The van der Waals surface area contributed by atoms with Crippen LogP contribution in [0.3, 0.4) is 0 Å². The zero-order chi connectivity index (χ0) is 20.1. The lowest BCUT2D eigenvalue weighted by atomic mass is 10.1. The van der Waals surface area contributed by atoms with Crippen molar-refractivity contribution < 1.29 is 9.47 Å². The number of nitrogens with zero attached hydrogens (tertiary/aromatic N) is 1. The molecule has 5 nitrogen and oxygen atoms in total. The Morgan fingerprint density at radius 3 is 2.54 bits per heavy atom. The summed E-state index contributed by atoms with van der Waals surface area (Å²) in [4.78, 5) is 12.8. The number of ether oxygens (including phenoxy) is 2. The third-order valence-electron chi connectivity index (χ3n) is 4.76. The van der Waals surface area contributed by atoms with Crippen molar-refractivity contribution in [1.82, 2.24) is 4.57 Å². The van der Waals surface area contributed by atoms with Crippen molar-refractivity contribution in [1.29, 1.82) is 0 Å². The molecule has 0 unspecified atom stereocenters. The van der Waals surface area contributed by atoms with Gasteiger partial charge in [0.15, 0.2) is 5.75 Å². The number of benzene rings is 2. The summed E-state index contributed by atoms with van der Waals surface area (Å²) in [5.41, 5.74) is 2.68. The van der Waals surface area contributed by atoms with Gasteiger partial charge in [0.1, 0.15) is 0 Å². The lowest BCUT2D eigenvalue weighted by molar-refractivity contribution is 0.351. The Labute approximate surface area is 165 Å². The average molecular weight is 378 g/mol. The van der Waals surface area contributed by atoms with Gasteiger partial charge >= 0.3 is 0 Å². The molecule has 0 aliphatic rings. The van der Waals surface area contributed by atoms with Crippen LogP contribution in [0.15, 0.2) is 65.2 Å². The molecule has 146 valence electrons. The van der Waals surface area contributed by atoms with Crippen LogP contribution in [0.2, 0.25) is 0 Å². The average Bonchev–Trinajstić information content (AvgIpc) is 2.74. The molecule has 5 heteroatoms. The van der Waals surface area contributed by atoms with Gasteiger partial charge in [-0.25, -0.2) is 0 Å². The van der Waals surface area contributed by atoms with Crippen LogP contribution in [0.5, 0.6) is 11.5 Å². The lowest BCUT2D eigenvalue weighted by Crippen LogP contribution is -2.20. The van der Waals surface area contributed by atoms with Gasteiger partial charge in [0.05, 0.1) is 18.4 Å². The van der Waals surface area contributed by atoms with Gasteiger partial charge in [-0.3, -0.25) is 4.79 Å². The molecule has 0 aliphatic heterocycles. The van der Waals surface area contributed by atoms with E-state index in [-0.39, 0.29) is 11.3 Å². The van der Waals surface area contributed by atoms with Gasteiger partial charge in [0.25, 0.3) is 5.56 Å². The molecule has 0 atom stereocenters. The quantitative estimate of drug-likeness (QED) is 0.597. The van der Waals surface area contributed by atoms with Crippen LogP contribution in [0.1, 0.15) is 25.8 Å². The lowest BCUT2D eigenvalue weighted by Gasteiger charge is -2.17. The number of anilines is 1. The summed E-state index contributed by atoms with van der Waals surface area (Å²) in [6.07, 6.45) is 2.63. The van der Waals surface area contributed by atoms with E-state index in [2.05, 4.69) is 17.4 Å². The molecule has 0 saturated carbocycles. The highest BCUT2D eigenvalue weighted by Crippen LogP contribution is 2.35. The Bertz CT molecular complexity index is 1050. The molecule has 3 rings (SSSR count). The number of aryl methyl sites for hydroxylation is 1. The van der Waals surface area contributed by atoms with Gasteiger partial charge in [-0.05, 0) is 36.8 Å². The van der Waals surface area contributed by atoms with Crippen molar-refractivity contribution in [3.8, 4) is 11.5 Å². The van der Waals surface area contributed by atoms with E-state index < -0.39 is 0 Å². The van der Waals surface area contributed by atoms with E-state index in [0.29, 0.717) is 12.3 Å². The maximum atomic E-state index is 12.8. The smallest absolute Gasteiger partial charge is 0.297 e. The van der Waals surface area contributed by atoms with Crippen LogP contribution < -0.4 is 20.3 Å². The van der Waals surface area contributed by atoms with Crippen LogP contribution in [0.25, 0.3) is 10.9 Å². The van der Waals surface area contributed by atoms with Gasteiger partial charge < -0.3 is 19.4 Å². The molecule has 0 saturated heterocycles. The first-order valence-electron chi connectivity index (χ1n) is 9.40. The Morgan fingerprint density at radius 1 is 1.14 bits per heavy atom. The molecule has 0 fully saturated rings. The van der Waals surface area contributed by atoms with Crippen LogP contribution in [-0.4, -0.2) is 11.7 Å². The van der Waals surface area contributed by atoms with E-state index in [4.69, 9.17) is 9.47 Å². The van der Waals surface area contributed by atoms with E-state index >= 15 is 0 Å². The van der Waals surface area contributed by atoms with Crippen LogP contribution >= 0.6 is 0 Å². The molecule has 28 heavy (non-hydrogen) atoms. The van der Waals surface area contributed by atoms with E-state index in [1.165, 1.54) is 12.7 Å². The highest BCUT2D eigenvalue weighted by molar-refractivity contribution is 5.90. The van der Waals surface area contributed by atoms with Crippen molar-refractivity contribution in [2.75, 3.05) is 12.4 Å². The summed E-state index contributed by atoms with van der Waals surface area (Å²) in [6, 6.07) is 16.1. The number of hydrogen-bond donors (Lipinski definition) is 1. The number of methoxy groups -OCH3 is 1. The van der Waals surface area contributed by atoms with Crippen molar-refractivity contribution in [2.45, 2.75) is 26.8 Å². The zero-order valence-corrected chi connectivity index (χ0v) is 16.8. The number of hydrogen-bond acceptors (Lipinski definition) is 4. The fourth-order valence-corrected chi connectivity index (χ4v) is 3.14. The van der Waals surface area contributed by atoms with Gasteiger partial charge in [0, 0.05) is 31.1 Å². The fourth-order valence-electron chi connectivity index (χ4n) is 3.14. The number of aromatic nitrogens is 1. The normalized spacial score (nSPS) is 11.5. The molecule has 1 N–H and O–H groups in total. The first kappa shape index (κ1) is 19.5. The molecule has 0 radical (unpaired) electrons. The third-order valence-corrected chi connectivity index (χ3v) is 4.76. The van der Waals surface area contributed by atoms with Gasteiger partial charge in [-0.15, -0.1) is 0 Å². The van der Waals surface area contributed by atoms with E-state index in [9.17, 15) is 4.79 Å².